The second-order valence-electron chi connectivity index (χ2n) is 2.85. The molecule has 0 fully saturated rings. The molecule has 1 unspecified atom stereocenters. The summed E-state index contributed by atoms with van der Waals surface area (Å²) in [5.41, 5.74) is 0.793. The van der Waals surface area contributed by atoms with E-state index in [1.54, 1.807) is 12.1 Å². The van der Waals surface area contributed by atoms with E-state index >= 15 is 0 Å². The molecule has 0 aliphatic rings. The lowest BCUT2D eigenvalue weighted by Crippen LogP contribution is -2.13. The largest absolute Gasteiger partial charge is 0.431 e. The fourth-order valence-corrected chi connectivity index (χ4v) is 1.29. The van der Waals surface area contributed by atoms with Crippen molar-refractivity contribution in [3.8, 4) is 0 Å². The third kappa shape index (κ3) is 3.87. The Bertz CT molecular complexity index is 310. The van der Waals surface area contributed by atoms with Gasteiger partial charge < -0.3 is 4.74 Å². The van der Waals surface area contributed by atoms with E-state index in [1.807, 2.05) is 12.1 Å². The molecule has 0 radical (unpaired) electrons. The van der Waals surface area contributed by atoms with Crippen LogP contribution in [0, 0.1) is 0 Å². The summed E-state index contributed by atoms with van der Waals surface area (Å²) in [5.74, 6) is -0.602. The van der Waals surface area contributed by atoms with Crippen LogP contribution in [0.15, 0.2) is 28.7 Å². The van der Waals surface area contributed by atoms with E-state index in [4.69, 9.17) is 0 Å². The van der Waals surface area contributed by atoms with E-state index in [0.29, 0.717) is 0 Å². The number of carbonyl (C=O) groups is 1. The second-order valence-corrected chi connectivity index (χ2v) is 3.77. The first-order valence-electron chi connectivity index (χ1n) is 4.13. The summed E-state index contributed by atoms with van der Waals surface area (Å²) in [6.07, 6.45) is -1.47. The predicted octanol–water partition coefficient (Wildman–Crippen LogP) is 2.85. The first kappa shape index (κ1) is 11.2. The average molecular weight is 261 g/mol. The molecule has 0 heterocycles. The van der Waals surface area contributed by atoms with Crippen molar-refractivity contribution in [3.63, 3.8) is 0 Å². The lowest BCUT2D eigenvalue weighted by Gasteiger charge is -2.07. The molecule has 0 aromatic heterocycles. The smallest absolute Gasteiger partial charge is 0.305 e. The van der Waals surface area contributed by atoms with Crippen molar-refractivity contribution < 1.29 is 13.9 Å². The van der Waals surface area contributed by atoms with Crippen molar-refractivity contribution in [1.29, 1.82) is 0 Å². The third-order valence-electron chi connectivity index (χ3n) is 1.60. The molecule has 2 nitrogen and oxygen atoms in total. The van der Waals surface area contributed by atoms with Gasteiger partial charge in [-0.05, 0) is 17.7 Å². The van der Waals surface area contributed by atoms with E-state index in [-0.39, 0.29) is 6.42 Å². The molecule has 14 heavy (non-hydrogen) atoms. The number of alkyl halides is 1. The van der Waals surface area contributed by atoms with Crippen LogP contribution in [0.2, 0.25) is 0 Å². The Morgan fingerprint density at radius 2 is 2.07 bits per heavy atom. The minimum atomic E-state index is -1.56. The Morgan fingerprint density at radius 3 is 2.57 bits per heavy atom. The van der Waals surface area contributed by atoms with Crippen LogP contribution in [0.25, 0.3) is 0 Å². The Morgan fingerprint density at radius 1 is 1.50 bits per heavy atom. The average Bonchev–Trinajstić information content (AvgIpc) is 2.07. The number of ether oxygens (including phenoxy) is 1. The number of halogens is 2. The van der Waals surface area contributed by atoms with E-state index in [2.05, 4.69) is 20.7 Å². The van der Waals surface area contributed by atoms with E-state index in [9.17, 15) is 9.18 Å². The monoisotopic (exact) mass is 260 g/mol. The van der Waals surface area contributed by atoms with Crippen LogP contribution in [0.4, 0.5) is 4.39 Å². The number of carbonyl (C=O) groups excluding carboxylic acids is 1. The number of hydrogen-bond donors (Lipinski definition) is 0. The fraction of sp³-hybridized carbons (Fsp3) is 0.300. The highest BCUT2D eigenvalue weighted by atomic mass is 79.9. The van der Waals surface area contributed by atoms with Crippen LogP contribution < -0.4 is 0 Å². The van der Waals surface area contributed by atoms with Gasteiger partial charge in [-0.1, -0.05) is 28.1 Å². The van der Waals surface area contributed by atoms with Gasteiger partial charge in [0.2, 0.25) is 6.36 Å². The summed E-state index contributed by atoms with van der Waals surface area (Å²) in [6.45, 7) is 1.19. The highest BCUT2D eigenvalue weighted by Crippen LogP contribution is 2.13. The van der Waals surface area contributed by atoms with Crippen molar-refractivity contribution in [3.05, 3.63) is 34.3 Å². The molecule has 4 heteroatoms. The number of benzene rings is 1. The molecule has 0 aliphatic heterocycles. The molecule has 0 saturated heterocycles. The molecular weight excluding hydrogens is 251 g/mol. The Labute approximate surface area is 90.2 Å². The van der Waals surface area contributed by atoms with Crippen LogP contribution in [0.1, 0.15) is 12.5 Å². The summed E-state index contributed by atoms with van der Waals surface area (Å²) < 4.78 is 18.3. The summed E-state index contributed by atoms with van der Waals surface area (Å²) in [4.78, 5) is 10.4. The molecule has 1 rings (SSSR count). The lowest BCUT2D eigenvalue weighted by molar-refractivity contribution is -0.154. The van der Waals surface area contributed by atoms with Crippen molar-refractivity contribution in [2.24, 2.45) is 0 Å². The Balaban J connectivity index is 2.51. The molecule has 0 spiro atoms. The predicted molar refractivity (Wildman–Crippen MR) is 54.5 cm³/mol. The second kappa shape index (κ2) is 5.10. The number of hydrogen-bond acceptors (Lipinski definition) is 2. The van der Waals surface area contributed by atoms with Crippen LogP contribution in [0.5, 0.6) is 0 Å². The van der Waals surface area contributed by atoms with Gasteiger partial charge in [0.15, 0.2) is 0 Å². The quantitative estimate of drug-likeness (QED) is 0.782. The molecule has 1 aromatic carbocycles. The molecule has 0 amide bonds. The highest BCUT2D eigenvalue weighted by Gasteiger charge is 2.09. The van der Waals surface area contributed by atoms with Gasteiger partial charge in [0.05, 0.1) is 0 Å². The minimum absolute atomic E-state index is 0.0901. The van der Waals surface area contributed by atoms with Gasteiger partial charge >= 0.3 is 5.97 Å². The zero-order valence-corrected chi connectivity index (χ0v) is 9.25. The van der Waals surface area contributed by atoms with Gasteiger partial charge in [-0.15, -0.1) is 0 Å². The van der Waals surface area contributed by atoms with Gasteiger partial charge in [0.1, 0.15) is 0 Å². The topological polar surface area (TPSA) is 26.3 Å². The van der Waals surface area contributed by atoms with Gasteiger partial charge in [0, 0.05) is 17.8 Å². The van der Waals surface area contributed by atoms with Crippen molar-refractivity contribution in [1.82, 2.24) is 0 Å². The van der Waals surface area contributed by atoms with Gasteiger partial charge in [0.25, 0.3) is 0 Å². The zero-order chi connectivity index (χ0) is 10.6. The van der Waals surface area contributed by atoms with Crippen molar-refractivity contribution in [2.75, 3.05) is 0 Å². The standard InChI is InChI=1S/C10H10BrFO2/c1-7(13)14-10(12)6-8-2-4-9(11)5-3-8/h2-5,10H,6H2,1H3. The van der Waals surface area contributed by atoms with E-state index < -0.39 is 12.3 Å². The Hall–Kier alpha value is -0.900. The molecule has 0 aliphatic carbocycles. The van der Waals surface area contributed by atoms with Crippen molar-refractivity contribution >= 4 is 21.9 Å². The Kier molecular flexibility index (Phi) is 4.07. The maximum absolute atomic E-state index is 13.0. The maximum Gasteiger partial charge on any atom is 0.305 e. The summed E-state index contributed by atoms with van der Waals surface area (Å²) in [7, 11) is 0. The third-order valence-corrected chi connectivity index (χ3v) is 2.13. The zero-order valence-electron chi connectivity index (χ0n) is 7.67. The normalized spacial score (nSPS) is 12.2. The van der Waals surface area contributed by atoms with E-state index in [1.165, 1.54) is 6.92 Å². The first-order chi connectivity index (χ1) is 6.58. The summed E-state index contributed by atoms with van der Waals surface area (Å²) in [6, 6.07) is 7.19. The lowest BCUT2D eigenvalue weighted by atomic mass is 10.1. The van der Waals surface area contributed by atoms with Crippen LogP contribution in [-0.4, -0.2) is 12.3 Å². The number of esters is 1. The van der Waals surface area contributed by atoms with Crippen molar-refractivity contribution in [2.45, 2.75) is 19.7 Å². The molecular formula is C10H10BrFO2. The molecule has 1 aromatic rings. The molecule has 0 saturated carbocycles. The van der Waals surface area contributed by atoms with Crippen LogP contribution in [-0.2, 0) is 16.0 Å². The highest BCUT2D eigenvalue weighted by molar-refractivity contribution is 9.10. The number of rotatable bonds is 3. The summed E-state index contributed by atoms with van der Waals surface area (Å²) >= 11 is 3.27. The SMILES string of the molecule is CC(=O)OC(F)Cc1ccc(Br)cc1. The maximum atomic E-state index is 13.0. The van der Waals surface area contributed by atoms with Crippen LogP contribution >= 0.6 is 15.9 Å². The minimum Gasteiger partial charge on any atom is -0.431 e. The van der Waals surface area contributed by atoms with E-state index in [0.717, 1.165) is 10.0 Å². The fourth-order valence-electron chi connectivity index (χ4n) is 1.03. The molecule has 76 valence electrons. The van der Waals surface area contributed by atoms with Gasteiger partial charge in [-0.3, -0.25) is 4.79 Å². The summed E-state index contributed by atoms with van der Waals surface area (Å²) in [5, 5.41) is 0. The van der Waals surface area contributed by atoms with Gasteiger partial charge in [-0.25, -0.2) is 4.39 Å². The molecule has 0 N–H and O–H groups in total. The molecule has 1 atom stereocenters. The van der Waals surface area contributed by atoms with Crippen LogP contribution in [0.3, 0.4) is 0 Å². The first-order valence-corrected chi connectivity index (χ1v) is 4.93. The molecule has 0 bridgehead atoms. The van der Waals surface area contributed by atoms with Gasteiger partial charge in [-0.2, -0.15) is 0 Å².